The van der Waals surface area contributed by atoms with E-state index in [-0.39, 0.29) is 18.6 Å². The van der Waals surface area contributed by atoms with Crippen molar-refractivity contribution in [2.75, 3.05) is 11.9 Å². The zero-order valence-electron chi connectivity index (χ0n) is 14.7. The standard InChI is InChI=1S/C19H22N4O2/c1-4-14-5-7-17(8-6-14)25-12-18(24)22-16-9-15-10-21-23(13(2)3)19(15)20-11-16/h5-11,13H,4,12H2,1-3H3,(H,22,24). The van der Waals surface area contributed by atoms with E-state index in [1.807, 2.05) is 48.9 Å². The molecule has 3 aromatic rings. The minimum Gasteiger partial charge on any atom is -0.484 e. The number of ether oxygens (including phenoxy) is 1. The van der Waals surface area contributed by atoms with E-state index in [1.165, 1.54) is 5.56 Å². The molecule has 2 aromatic heterocycles. The van der Waals surface area contributed by atoms with E-state index < -0.39 is 0 Å². The topological polar surface area (TPSA) is 69.0 Å². The second kappa shape index (κ2) is 7.34. The molecule has 0 unspecified atom stereocenters. The normalized spacial score (nSPS) is 11.0. The molecule has 3 rings (SSSR count). The highest BCUT2D eigenvalue weighted by Crippen LogP contribution is 2.19. The lowest BCUT2D eigenvalue weighted by Crippen LogP contribution is -2.20. The maximum atomic E-state index is 12.1. The van der Waals surface area contributed by atoms with Crippen molar-refractivity contribution in [3.8, 4) is 5.75 Å². The molecule has 0 atom stereocenters. The van der Waals surface area contributed by atoms with Gasteiger partial charge in [-0.25, -0.2) is 9.67 Å². The van der Waals surface area contributed by atoms with Crippen LogP contribution in [-0.4, -0.2) is 27.3 Å². The predicted octanol–water partition coefficient (Wildman–Crippen LogP) is 3.59. The van der Waals surface area contributed by atoms with Gasteiger partial charge in [0.15, 0.2) is 12.3 Å². The number of aromatic nitrogens is 3. The summed E-state index contributed by atoms with van der Waals surface area (Å²) in [5, 5.41) is 8.02. The number of aryl methyl sites for hydroxylation is 1. The van der Waals surface area contributed by atoms with Gasteiger partial charge in [-0.15, -0.1) is 0 Å². The number of pyridine rings is 1. The number of nitrogens with one attached hydrogen (secondary N) is 1. The second-order valence-corrected chi connectivity index (χ2v) is 6.15. The smallest absolute Gasteiger partial charge is 0.262 e. The molecule has 6 heteroatoms. The molecule has 0 saturated heterocycles. The van der Waals surface area contributed by atoms with Gasteiger partial charge >= 0.3 is 0 Å². The van der Waals surface area contributed by atoms with Crippen LogP contribution in [0.4, 0.5) is 5.69 Å². The lowest BCUT2D eigenvalue weighted by molar-refractivity contribution is -0.118. The second-order valence-electron chi connectivity index (χ2n) is 6.15. The highest BCUT2D eigenvalue weighted by atomic mass is 16.5. The summed E-state index contributed by atoms with van der Waals surface area (Å²) in [6.07, 6.45) is 4.37. The summed E-state index contributed by atoms with van der Waals surface area (Å²) in [5.41, 5.74) is 2.67. The van der Waals surface area contributed by atoms with Crippen LogP contribution in [0.15, 0.2) is 42.7 Å². The molecular weight excluding hydrogens is 316 g/mol. The van der Waals surface area contributed by atoms with E-state index in [0.29, 0.717) is 11.4 Å². The molecule has 130 valence electrons. The van der Waals surface area contributed by atoms with Crippen molar-refractivity contribution in [3.63, 3.8) is 0 Å². The first kappa shape index (κ1) is 17.0. The van der Waals surface area contributed by atoms with E-state index in [2.05, 4.69) is 22.3 Å². The predicted molar refractivity (Wildman–Crippen MR) is 97.9 cm³/mol. The lowest BCUT2D eigenvalue weighted by atomic mass is 10.2. The number of rotatable bonds is 6. The van der Waals surface area contributed by atoms with Gasteiger partial charge in [-0.3, -0.25) is 4.79 Å². The van der Waals surface area contributed by atoms with Crippen molar-refractivity contribution in [3.05, 3.63) is 48.3 Å². The summed E-state index contributed by atoms with van der Waals surface area (Å²) in [6.45, 7) is 6.15. The molecule has 0 saturated carbocycles. The summed E-state index contributed by atoms with van der Waals surface area (Å²) >= 11 is 0. The molecule has 0 bridgehead atoms. The summed E-state index contributed by atoms with van der Waals surface area (Å²) in [6, 6.07) is 9.84. The van der Waals surface area contributed by atoms with Gasteiger partial charge in [0.05, 0.1) is 18.1 Å². The van der Waals surface area contributed by atoms with Gasteiger partial charge in [-0.1, -0.05) is 19.1 Å². The molecule has 0 spiro atoms. The van der Waals surface area contributed by atoms with Gasteiger partial charge in [0.2, 0.25) is 0 Å². The number of carbonyl (C=O) groups excluding carboxylic acids is 1. The van der Waals surface area contributed by atoms with Gasteiger partial charge in [-0.2, -0.15) is 5.10 Å². The Morgan fingerprint density at radius 3 is 2.68 bits per heavy atom. The van der Waals surface area contributed by atoms with Crippen LogP contribution in [-0.2, 0) is 11.2 Å². The van der Waals surface area contributed by atoms with Crippen molar-refractivity contribution >= 4 is 22.6 Å². The van der Waals surface area contributed by atoms with Crippen LogP contribution < -0.4 is 10.1 Å². The maximum absolute atomic E-state index is 12.1. The first-order valence-corrected chi connectivity index (χ1v) is 8.41. The largest absolute Gasteiger partial charge is 0.484 e. The Balaban J connectivity index is 1.61. The average Bonchev–Trinajstić information content (AvgIpc) is 3.04. The van der Waals surface area contributed by atoms with Gasteiger partial charge in [-0.05, 0) is 44.0 Å². The van der Waals surface area contributed by atoms with Gasteiger partial charge < -0.3 is 10.1 Å². The summed E-state index contributed by atoms with van der Waals surface area (Å²) in [7, 11) is 0. The highest BCUT2D eigenvalue weighted by Gasteiger charge is 2.09. The van der Waals surface area contributed by atoms with Crippen molar-refractivity contribution in [2.45, 2.75) is 33.2 Å². The first-order chi connectivity index (χ1) is 12.1. The fourth-order valence-corrected chi connectivity index (χ4v) is 2.55. The summed E-state index contributed by atoms with van der Waals surface area (Å²) in [5.74, 6) is 0.455. The van der Waals surface area contributed by atoms with Crippen LogP contribution in [0.25, 0.3) is 11.0 Å². The van der Waals surface area contributed by atoms with Crippen LogP contribution in [0, 0.1) is 0 Å². The number of hydrogen-bond donors (Lipinski definition) is 1. The Morgan fingerprint density at radius 1 is 1.24 bits per heavy atom. The summed E-state index contributed by atoms with van der Waals surface area (Å²) in [4.78, 5) is 16.5. The number of carbonyl (C=O) groups is 1. The third kappa shape index (κ3) is 3.96. The highest BCUT2D eigenvalue weighted by molar-refractivity contribution is 5.93. The number of benzene rings is 1. The molecule has 6 nitrogen and oxygen atoms in total. The Kier molecular flexibility index (Phi) is 4.97. The Bertz CT molecular complexity index is 869. The van der Waals surface area contributed by atoms with Crippen molar-refractivity contribution in [1.29, 1.82) is 0 Å². The molecule has 0 radical (unpaired) electrons. The molecule has 1 amide bonds. The maximum Gasteiger partial charge on any atom is 0.262 e. The first-order valence-electron chi connectivity index (χ1n) is 8.41. The molecule has 0 aliphatic carbocycles. The van der Waals surface area contributed by atoms with Crippen molar-refractivity contribution in [1.82, 2.24) is 14.8 Å². The monoisotopic (exact) mass is 338 g/mol. The third-order valence-corrected chi connectivity index (χ3v) is 3.91. The molecule has 1 N–H and O–H groups in total. The average molecular weight is 338 g/mol. The van der Waals surface area contributed by atoms with E-state index >= 15 is 0 Å². The van der Waals surface area contributed by atoms with E-state index in [0.717, 1.165) is 17.5 Å². The van der Waals surface area contributed by atoms with Gasteiger partial charge in [0.1, 0.15) is 5.75 Å². The SMILES string of the molecule is CCc1ccc(OCC(=O)Nc2cnc3c(cnn3C(C)C)c2)cc1. The fraction of sp³-hybridized carbons (Fsp3) is 0.316. The summed E-state index contributed by atoms with van der Waals surface area (Å²) < 4.78 is 7.36. The number of hydrogen-bond acceptors (Lipinski definition) is 4. The Hall–Kier alpha value is -2.89. The molecule has 0 fully saturated rings. The van der Waals surface area contributed by atoms with Crippen molar-refractivity contribution in [2.24, 2.45) is 0 Å². The molecule has 0 aliphatic heterocycles. The zero-order valence-corrected chi connectivity index (χ0v) is 14.7. The number of amides is 1. The van der Waals surface area contributed by atoms with Crippen LogP contribution >= 0.6 is 0 Å². The quantitative estimate of drug-likeness (QED) is 0.746. The lowest BCUT2D eigenvalue weighted by Gasteiger charge is -2.09. The minimum absolute atomic E-state index is 0.0469. The number of nitrogens with zero attached hydrogens (tertiary/aromatic N) is 3. The van der Waals surface area contributed by atoms with Crippen LogP contribution in [0.3, 0.4) is 0 Å². The van der Waals surface area contributed by atoms with E-state index in [1.54, 1.807) is 12.4 Å². The Morgan fingerprint density at radius 2 is 2.00 bits per heavy atom. The van der Waals surface area contributed by atoms with E-state index in [9.17, 15) is 4.79 Å². The zero-order chi connectivity index (χ0) is 17.8. The van der Waals surface area contributed by atoms with E-state index in [4.69, 9.17) is 4.74 Å². The number of fused-ring (bicyclic) bond motifs is 1. The van der Waals surface area contributed by atoms with Crippen LogP contribution in [0.5, 0.6) is 5.75 Å². The van der Waals surface area contributed by atoms with Crippen LogP contribution in [0.2, 0.25) is 0 Å². The van der Waals surface area contributed by atoms with Gasteiger partial charge in [0, 0.05) is 11.4 Å². The molecule has 1 aromatic carbocycles. The van der Waals surface area contributed by atoms with Crippen LogP contribution in [0.1, 0.15) is 32.4 Å². The van der Waals surface area contributed by atoms with Gasteiger partial charge in [0.25, 0.3) is 5.91 Å². The molecule has 0 aliphatic rings. The molecule has 25 heavy (non-hydrogen) atoms. The molecular formula is C19H22N4O2. The Labute approximate surface area is 146 Å². The number of anilines is 1. The molecule has 2 heterocycles. The third-order valence-electron chi connectivity index (χ3n) is 3.91. The minimum atomic E-state index is -0.225. The van der Waals surface area contributed by atoms with Crippen molar-refractivity contribution < 1.29 is 9.53 Å². The fourth-order valence-electron chi connectivity index (χ4n) is 2.55.